The quantitative estimate of drug-likeness (QED) is 0.619. The third kappa shape index (κ3) is 0.969. The first-order chi connectivity index (χ1) is 5.61. The van der Waals surface area contributed by atoms with Crippen LogP contribution in [0.15, 0.2) is 24.3 Å². The topological polar surface area (TPSA) is 20.2 Å². The number of aliphatic hydroxyl groups is 1. The molecule has 0 radical (unpaired) electrons. The van der Waals surface area contributed by atoms with Crippen LogP contribution in [0, 0.1) is 0 Å². The lowest BCUT2D eigenvalue weighted by Gasteiger charge is -2.21. The smallest absolute Gasteiger partial charge is 0.0725 e. The molecule has 1 aromatic carbocycles. The Balaban J connectivity index is 2.49. The number of hydrogen-bond donors (Lipinski definition) is 1. The predicted molar refractivity (Wildman–Crippen MR) is 49.2 cm³/mol. The monoisotopic (exact) mass is 162 g/mol. The molecule has 1 nitrogen and oxygen atoms in total. The molecule has 0 fully saturated rings. The molecule has 64 valence electrons. The number of rotatable bonds is 0. The summed E-state index contributed by atoms with van der Waals surface area (Å²) >= 11 is 0. The second-order valence-electron chi connectivity index (χ2n) is 3.95. The summed E-state index contributed by atoms with van der Waals surface area (Å²) in [6.45, 7) is 4.00. The molecule has 1 aromatic rings. The van der Waals surface area contributed by atoms with Crippen molar-refractivity contribution in [3.8, 4) is 0 Å². The summed E-state index contributed by atoms with van der Waals surface area (Å²) in [5.41, 5.74) is 2.07. The van der Waals surface area contributed by atoms with Crippen molar-refractivity contribution in [3.05, 3.63) is 35.4 Å². The van der Waals surface area contributed by atoms with Gasteiger partial charge in [-0.2, -0.15) is 0 Å². The average Bonchev–Trinajstić information content (AvgIpc) is 2.24. The van der Waals surface area contributed by atoms with Crippen LogP contribution < -0.4 is 0 Å². The molecule has 0 saturated heterocycles. The zero-order valence-corrected chi connectivity index (χ0v) is 7.54. The molecule has 2 rings (SSSR count). The van der Waals surface area contributed by atoms with Gasteiger partial charge < -0.3 is 5.11 Å². The van der Waals surface area contributed by atoms with E-state index in [1.807, 2.05) is 19.1 Å². The fourth-order valence-corrected chi connectivity index (χ4v) is 1.99. The van der Waals surface area contributed by atoms with Crippen LogP contribution in [0.25, 0.3) is 0 Å². The van der Waals surface area contributed by atoms with Crippen molar-refractivity contribution in [1.82, 2.24) is 0 Å². The maximum atomic E-state index is 9.98. The lowest BCUT2D eigenvalue weighted by molar-refractivity contribution is 0.0488. The van der Waals surface area contributed by atoms with E-state index in [0.717, 1.165) is 6.42 Å². The molecule has 1 aliphatic carbocycles. The van der Waals surface area contributed by atoms with E-state index in [4.69, 9.17) is 0 Å². The summed E-state index contributed by atoms with van der Waals surface area (Å²) in [5.74, 6) is 0.272. The average molecular weight is 162 g/mol. The van der Waals surface area contributed by atoms with Gasteiger partial charge in [-0.15, -0.1) is 0 Å². The summed E-state index contributed by atoms with van der Waals surface area (Å²) in [6, 6.07) is 8.29. The van der Waals surface area contributed by atoms with Gasteiger partial charge >= 0.3 is 0 Å². The molecule has 2 atom stereocenters. The Morgan fingerprint density at radius 3 is 2.75 bits per heavy atom. The highest BCUT2D eigenvalue weighted by Crippen LogP contribution is 2.39. The Hall–Kier alpha value is -0.820. The van der Waals surface area contributed by atoms with Crippen LogP contribution >= 0.6 is 0 Å². The summed E-state index contributed by atoms with van der Waals surface area (Å²) in [4.78, 5) is 0. The zero-order chi connectivity index (χ0) is 8.77. The fraction of sp³-hybridized carbons (Fsp3) is 0.455. The van der Waals surface area contributed by atoms with E-state index in [0.29, 0.717) is 0 Å². The highest BCUT2D eigenvalue weighted by molar-refractivity contribution is 5.38. The van der Waals surface area contributed by atoms with Crippen LogP contribution in [0.4, 0.5) is 0 Å². The molecular weight excluding hydrogens is 148 g/mol. The van der Waals surface area contributed by atoms with E-state index in [1.165, 1.54) is 11.1 Å². The molecule has 12 heavy (non-hydrogen) atoms. The zero-order valence-electron chi connectivity index (χ0n) is 7.54. The standard InChI is InChI=1S/C11H14O/c1-8-10-6-4-3-5-9(10)7-11(8,2)12/h3-6,8,12H,7H2,1-2H3. The van der Waals surface area contributed by atoms with Gasteiger partial charge in [-0.05, 0) is 18.1 Å². The third-order valence-electron chi connectivity index (χ3n) is 3.00. The summed E-state index contributed by atoms with van der Waals surface area (Å²) in [5, 5.41) is 9.98. The van der Waals surface area contributed by atoms with Crippen molar-refractivity contribution >= 4 is 0 Å². The van der Waals surface area contributed by atoms with E-state index >= 15 is 0 Å². The summed E-state index contributed by atoms with van der Waals surface area (Å²) in [6.07, 6.45) is 0.796. The van der Waals surface area contributed by atoms with Gasteiger partial charge in [0.05, 0.1) is 5.60 Å². The van der Waals surface area contributed by atoms with Gasteiger partial charge in [0.2, 0.25) is 0 Å². The molecule has 0 amide bonds. The summed E-state index contributed by atoms with van der Waals surface area (Å²) in [7, 11) is 0. The van der Waals surface area contributed by atoms with Crippen LogP contribution in [0.3, 0.4) is 0 Å². The van der Waals surface area contributed by atoms with Gasteiger partial charge in [0.25, 0.3) is 0 Å². The first-order valence-electron chi connectivity index (χ1n) is 4.41. The van der Waals surface area contributed by atoms with Crippen LogP contribution in [0.2, 0.25) is 0 Å². The number of hydrogen-bond acceptors (Lipinski definition) is 1. The molecule has 0 aromatic heterocycles. The summed E-state index contributed by atoms with van der Waals surface area (Å²) < 4.78 is 0. The molecule has 1 aliphatic rings. The van der Waals surface area contributed by atoms with Gasteiger partial charge in [0.1, 0.15) is 0 Å². The SMILES string of the molecule is CC1c2ccccc2CC1(C)O. The van der Waals surface area contributed by atoms with Gasteiger partial charge in [0.15, 0.2) is 0 Å². The van der Waals surface area contributed by atoms with E-state index < -0.39 is 5.60 Å². The fourth-order valence-electron chi connectivity index (χ4n) is 1.99. The Labute approximate surface area is 73.0 Å². The lowest BCUT2D eigenvalue weighted by atomic mass is 9.92. The van der Waals surface area contributed by atoms with Gasteiger partial charge in [-0.3, -0.25) is 0 Å². The van der Waals surface area contributed by atoms with E-state index in [-0.39, 0.29) is 5.92 Å². The molecule has 1 heteroatoms. The van der Waals surface area contributed by atoms with E-state index in [9.17, 15) is 5.11 Å². The number of benzene rings is 1. The molecule has 0 aliphatic heterocycles. The van der Waals surface area contributed by atoms with Gasteiger partial charge in [0, 0.05) is 12.3 Å². The minimum atomic E-state index is -0.538. The Kier molecular flexibility index (Phi) is 1.52. The highest BCUT2D eigenvalue weighted by atomic mass is 16.3. The van der Waals surface area contributed by atoms with Crippen molar-refractivity contribution in [2.45, 2.75) is 31.8 Å². The number of fused-ring (bicyclic) bond motifs is 1. The van der Waals surface area contributed by atoms with Crippen molar-refractivity contribution in [2.24, 2.45) is 0 Å². The Morgan fingerprint density at radius 1 is 1.42 bits per heavy atom. The van der Waals surface area contributed by atoms with Crippen LogP contribution in [-0.2, 0) is 6.42 Å². The first-order valence-corrected chi connectivity index (χ1v) is 4.41. The minimum Gasteiger partial charge on any atom is -0.389 e. The van der Waals surface area contributed by atoms with E-state index in [1.54, 1.807) is 0 Å². The van der Waals surface area contributed by atoms with Crippen LogP contribution in [0.5, 0.6) is 0 Å². The molecule has 0 spiro atoms. The largest absolute Gasteiger partial charge is 0.389 e. The van der Waals surface area contributed by atoms with Crippen molar-refractivity contribution in [2.75, 3.05) is 0 Å². The first kappa shape index (κ1) is 7.81. The van der Waals surface area contributed by atoms with Crippen LogP contribution in [-0.4, -0.2) is 10.7 Å². The lowest BCUT2D eigenvalue weighted by Crippen LogP contribution is -2.27. The Morgan fingerprint density at radius 2 is 2.08 bits per heavy atom. The Bertz CT molecular complexity index is 302. The maximum absolute atomic E-state index is 9.98. The second kappa shape index (κ2) is 2.33. The van der Waals surface area contributed by atoms with Crippen molar-refractivity contribution in [1.29, 1.82) is 0 Å². The maximum Gasteiger partial charge on any atom is 0.0725 e. The third-order valence-corrected chi connectivity index (χ3v) is 3.00. The van der Waals surface area contributed by atoms with Gasteiger partial charge in [-0.1, -0.05) is 31.2 Å². The molecule has 0 heterocycles. The van der Waals surface area contributed by atoms with Gasteiger partial charge in [-0.25, -0.2) is 0 Å². The molecule has 0 saturated carbocycles. The second-order valence-corrected chi connectivity index (χ2v) is 3.95. The molecule has 0 bridgehead atoms. The van der Waals surface area contributed by atoms with Crippen molar-refractivity contribution in [3.63, 3.8) is 0 Å². The van der Waals surface area contributed by atoms with Crippen LogP contribution in [0.1, 0.15) is 30.9 Å². The minimum absolute atomic E-state index is 0.272. The van der Waals surface area contributed by atoms with Crippen molar-refractivity contribution < 1.29 is 5.11 Å². The normalized spacial score (nSPS) is 33.4. The van der Waals surface area contributed by atoms with E-state index in [2.05, 4.69) is 19.1 Å². The molecular formula is C11H14O. The molecule has 2 unspecified atom stereocenters. The predicted octanol–water partition coefficient (Wildman–Crippen LogP) is 2.10. The molecule has 1 N–H and O–H groups in total. The highest BCUT2D eigenvalue weighted by Gasteiger charge is 2.37.